The zero-order valence-electron chi connectivity index (χ0n) is 10.3. The van der Waals surface area contributed by atoms with Crippen LogP contribution < -0.4 is 0 Å². The van der Waals surface area contributed by atoms with Gasteiger partial charge in [-0.05, 0) is 58.5 Å². The number of aromatic amines is 1. The van der Waals surface area contributed by atoms with Crippen molar-refractivity contribution in [1.29, 1.82) is 0 Å². The second kappa shape index (κ2) is 4.17. The van der Waals surface area contributed by atoms with Crippen LogP contribution in [0, 0.1) is 0 Å². The molecule has 2 heterocycles. The molecule has 1 aliphatic carbocycles. The molecular formula is C15H12BrN3. The fourth-order valence-corrected chi connectivity index (χ4v) is 3.06. The molecule has 3 aromatic rings. The van der Waals surface area contributed by atoms with E-state index in [0.29, 0.717) is 0 Å². The summed E-state index contributed by atoms with van der Waals surface area (Å²) < 4.78 is 0.962. The molecular weight excluding hydrogens is 302 g/mol. The predicted molar refractivity (Wildman–Crippen MR) is 79.0 cm³/mol. The van der Waals surface area contributed by atoms with E-state index < -0.39 is 0 Å². The van der Waals surface area contributed by atoms with Gasteiger partial charge in [0, 0.05) is 16.2 Å². The minimum atomic E-state index is 0.763. The molecule has 1 aromatic carbocycles. The van der Waals surface area contributed by atoms with Crippen molar-refractivity contribution in [2.45, 2.75) is 19.3 Å². The number of halogens is 1. The lowest BCUT2D eigenvalue weighted by Crippen LogP contribution is -1.86. The van der Waals surface area contributed by atoms with Gasteiger partial charge in [-0.2, -0.15) is 0 Å². The van der Waals surface area contributed by atoms with E-state index in [-0.39, 0.29) is 0 Å². The molecule has 0 bridgehead atoms. The smallest absolute Gasteiger partial charge is 0.178 e. The monoisotopic (exact) mass is 313 g/mol. The quantitative estimate of drug-likeness (QED) is 0.741. The highest BCUT2D eigenvalue weighted by Gasteiger charge is 2.13. The fraction of sp³-hybridized carbons (Fsp3) is 0.200. The third-order valence-corrected chi connectivity index (χ3v) is 4.11. The molecule has 0 saturated heterocycles. The molecule has 0 spiro atoms. The number of pyridine rings is 1. The van der Waals surface area contributed by atoms with Crippen LogP contribution in [0.4, 0.5) is 0 Å². The van der Waals surface area contributed by atoms with Crippen molar-refractivity contribution in [2.75, 3.05) is 0 Å². The maximum absolute atomic E-state index is 4.56. The number of hydrogen-bond donors (Lipinski definition) is 1. The van der Waals surface area contributed by atoms with Crippen molar-refractivity contribution in [3.8, 4) is 11.4 Å². The number of fused-ring (bicyclic) bond motifs is 2. The molecule has 4 heteroatoms. The first-order valence-corrected chi connectivity index (χ1v) is 7.22. The topological polar surface area (TPSA) is 41.6 Å². The van der Waals surface area contributed by atoms with Crippen molar-refractivity contribution < 1.29 is 0 Å². The van der Waals surface area contributed by atoms with E-state index in [4.69, 9.17) is 0 Å². The van der Waals surface area contributed by atoms with Crippen LogP contribution in [0.5, 0.6) is 0 Å². The van der Waals surface area contributed by atoms with Gasteiger partial charge < -0.3 is 4.98 Å². The second-order valence-corrected chi connectivity index (χ2v) is 5.86. The predicted octanol–water partition coefficient (Wildman–Crippen LogP) is 3.88. The highest BCUT2D eigenvalue weighted by Crippen LogP contribution is 2.28. The Bertz CT molecular complexity index is 776. The Kier molecular flexibility index (Phi) is 2.45. The summed E-state index contributed by atoms with van der Waals surface area (Å²) in [4.78, 5) is 12.2. The lowest BCUT2D eigenvalue weighted by molar-refractivity contribution is 0.912. The summed E-state index contributed by atoms with van der Waals surface area (Å²) in [7, 11) is 0. The molecule has 0 radical (unpaired) electrons. The summed E-state index contributed by atoms with van der Waals surface area (Å²) in [6.07, 6.45) is 5.44. The second-order valence-electron chi connectivity index (χ2n) is 4.95. The average molecular weight is 314 g/mol. The number of nitrogens with zero attached hydrogens (tertiary/aromatic N) is 2. The molecule has 0 atom stereocenters. The van der Waals surface area contributed by atoms with Gasteiger partial charge in [0.05, 0.1) is 5.52 Å². The molecule has 0 aliphatic heterocycles. The SMILES string of the molecule is Brc1cnc2nc(-c3ccc4c(c3)CCC4)[nH]c2c1. The summed E-state index contributed by atoms with van der Waals surface area (Å²) in [5.41, 5.74) is 5.83. The van der Waals surface area contributed by atoms with Crippen molar-refractivity contribution in [3.63, 3.8) is 0 Å². The van der Waals surface area contributed by atoms with Gasteiger partial charge in [-0.3, -0.25) is 0 Å². The molecule has 2 aromatic heterocycles. The van der Waals surface area contributed by atoms with Crippen LogP contribution >= 0.6 is 15.9 Å². The first kappa shape index (κ1) is 11.2. The van der Waals surface area contributed by atoms with Crippen LogP contribution in [0.25, 0.3) is 22.6 Å². The van der Waals surface area contributed by atoms with Crippen molar-refractivity contribution in [2.24, 2.45) is 0 Å². The number of aromatic nitrogens is 3. The van der Waals surface area contributed by atoms with Crippen molar-refractivity contribution in [3.05, 3.63) is 46.1 Å². The molecule has 0 unspecified atom stereocenters. The average Bonchev–Trinajstić information content (AvgIpc) is 3.02. The molecule has 0 fully saturated rings. The summed E-state index contributed by atoms with van der Waals surface area (Å²) in [6, 6.07) is 8.65. The van der Waals surface area contributed by atoms with Gasteiger partial charge in [0.2, 0.25) is 0 Å². The Morgan fingerprint density at radius 3 is 2.95 bits per heavy atom. The van der Waals surface area contributed by atoms with E-state index in [1.165, 1.54) is 30.4 Å². The van der Waals surface area contributed by atoms with Gasteiger partial charge in [-0.15, -0.1) is 0 Å². The number of hydrogen-bond acceptors (Lipinski definition) is 2. The fourth-order valence-electron chi connectivity index (χ4n) is 2.73. The molecule has 0 amide bonds. The molecule has 3 nitrogen and oxygen atoms in total. The largest absolute Gasteiger partial charge is 0.337 e. The molecule has 4 rings (SSSR count). The van der Waals surface area contributed by atoms with Crippen molar-refractivity contribution in [1.82, 2.24) is 15.0 Å². The Labute approximate surface area is 119 Å². The summed E-state index contributed by atoms with van der Waals surface area (Å²) in [6.45, 7) is 0. The van der Waals surface area contributed by atoms with Crippen LogP contribution in [-0.2, 0) is 12.8 Å². The van der Waals surface area contributed by atoms with Crippen molar-refractivity contribution >= 4 is 27.1 Å². The lowest BCUT2D eigenvalue weighted by Gasteiger charge is -2.01. The van der Waals surface area contributed by atoms with Gasteiger partial charge in [0.15, 0.2) is 5.65 Å². The van der Waals surface area contributed by atoms with E-state index in [1.807, 2.05) is 6.07 Å². The summed E-state index contributed by atoms with van der Waals surface area (Å²) in [5, 5.41) is 0. The molecule has 94 valence electrons. The number of benzene rings is 1. The van der Waals surface area contributed by atoms with Crippen LogP contribution in [0.2, 0.25) is 0 Å². The first-order valence-electron chi connectivity index (χ1n) is 6.43. The maximum atomic E-state index is 4.56. The first-order chi connectivity index (χ1) is 9.29. The van der Waals surface area contributed by atoms with E-state index in [0.717, 1.165) is 27.0 Å². The van der Waals surface area contributed by atoms with E-state index in [2.05, 4.69) is 49.1 Å². The van der Waals surface area contributed by atoms with Crippen LogP contribution in [0.1, 0.15) is 17.5 Å². The minimum absolute atomic E-state index is 0.763. The molecule has 1 aliphatic rings. The highest BCUT2D eigenvalue weighted by atomic mass is 79.9. The lowest BCUT2D eigenvalue weighted by atomic mass is 10.1. The van der Waals surface area contributed by atoms with Crippen LogP contribution in [-0.4, -0.2) is 15.0 Å². The zero-order chi connectivity index (χ0) is 12.8. The van der Waals surface area contributed by atoms with Gasteiger partial charge >= 0.3 is 0 Å². The van der Waals surface area contributed by atoms with E-state index >= 15 is 0 Å². The standard InChI is InChI=1S/C15H12BrN3/c16-12-7-13-15(17-8-12)19-14(18-13)11-5-4-9-2-1-3-10(9)6-11/h4-8H,1-3H2,(H,17,18,19). The minimum Gasteiger partial charge on any atom is -0.337 e. The number of imidazole rings is 1. The number of rotatable bonds is 1. The van der Waals surface area contributed by atoms with E-state index in [1.54, 1.807) is 6.20 Å². The molecule has 19 heavy (non-hydrogen) atoms. The Hall–Kier alpha value is -1.68. The van der Waals surface area contributed by atoms with Gasteiger partial charge in [0.25, 0.3) is 0 Å². The van der Waals surface area contributed by atoms with Gasteiger partial charge in [-0.25, -0.2) is 9.97 Å². The molecule has 1 N–H and O–H groups in total. The number of H-pyrrole nitrogens is 1. The van der Waals surface area contributed by atoms with E-state index in [9.17, 15) is 0 Å². The zero-order valence-corrected chi connectivity index (χ0v) is 11.9. The van der Waals surface area contributed by atoms with Gasteiger partial charge in [0.1, 0.15) is 5.82 Å². The Morgan fingerprint density at radius 2 is 2.00 bits per heavy atom. The third-order valence-electron chi connectivity index (χ3n) is 3.68. The molecule has 0 saturated carbocycles. The third kappa shape index (κ3) is 1.87. The highest BCUT2D eigenvalue weighted by molar-refractivity contribution is 9.10. The Balaban J connectivity index is 1.85. The maximum Gasteiger partial charge on any atom is 0.178 e. The van der Waals surface area contributed by atoms with Gasteiger partial charge in [-0.1, -0.05) is 12.1 Å². The number of aryl methyl sites for hydroxylation is 2. The normalized spacial score (nSPS) is 13.9. The summed E-state index contributed by atoms with van der Waals surface area (Å²) in [5.74, 6) is 0.898. The summed E-state index contributed by atoms with van der Waals surface area (Å²) >= 11 is 3.43. The van der Waals surface area contributed by atoms with Crippen LogP contribution in [0.15, 0.2) is 34.9 Å². The number of nitrogens with one attached hydrogen (secondary N) is 1. The Morgan fingerprint density at radius 1 is 1.11 bits per heavy atom. The van der Waals surface area contributed by atoms with Crippen LogP contribution in [0.3, 0.4) is 0 Å².